The Labute approximate surface area is 94.6 Å². The average Bonchev–Trinajstić information content (AvgIpc) is 2.69. The molecule has 90 valence electrons. The van der Waals surface area contributed by atoms with Crippen molar-refractivity contribution in [3.8, 4) is 0 Å². The quantitative estimate of drug-likeness (QED) is 0.736. The highest BCUT2D eigenvalue weighted by Gasteiger charge is 2.39. The van der Waals surface area contributed by atoms with E-state index in [0.29, 0.717) is 5.92 Å². The molecule has 0 aromatic heterocycles. The van der Waals surface area contributed by atoms with Crippen molar-refractivity contribution in [3.63, 3.8) is 0 Å². The van der Waals surface area contributed by atoms with Gasteiger partial charge in [-0.25, -0.2) is 0 Å². The van der Waals surface area contributed by atoms with E-state index in [4.69, 9.17) is 10.5 Å². The molecule has 0 aromatic carbocycles. The Kier molecular flexibility index (Phi) is 5.07. The number of ether oxygens (including phenoxy) is 1. The van der Waals surface area contributed by atoms with Gasteiger partial charge in [0, 0.05) is 19.1 Å². The molecule has 0 bridgehead atoms. The van der Waals surface area contributed by atoms with E-state index in [-0.39, 0.29) is 5.41 Å². The number of hydrogen-bond donors (Lipinski definition) is 1. The third kappa shape index (κ3) is 3.18. The summed E-state index contributed by atoms with van der Waals surface area (Å²) in [5, 5.41) is 0. The Morgan fingerprint density at radius 3 is 2.33 bits per heavy atom. The van der Waals surface area contributed by atoms with Gasteiger partial charge in [0.25, 0.3) is 0 Å². The number of methoxy groups -OCH3 is 1. The minimum absolute atomic E-state index is 0.249. The Bertz CT molecular complexity index is 175. The van der Waals surface area contributed by atoms with Crippen LogP contribution in [0.4, 0.5) is 0 Å². The van der Waals surface area contributed by atoms with Gasteiger partial charge in [-0.1, -0.05) is 26.7 Å². The van der Waals surface area contributed by atoms with E-state index in [9.17, 15) is 0 Å². The highest BCUT2D eigenvalue weighted by Crippen LogP contribution is 2.43. The summed E-state index contributed by atoms with van der Waals surface area (Å²) in [6.45, 7) is 6.19. The van der Waals surface area contributed by atoms with Crippen LogP contribution in [0.5, 0.6) is 0 Å². The number of nitrogens with two attached hydrogens (primary N) is 1. The summed E-state index contributed by atoms with van der Waals surface area (Å²) in [4.78, 5) is 0. The molecule has 2 heteroatoms. The Hall–Kier alpha value is -0.0800. The van der Waals surface area contributed by atoms with Crippen LogP contribution in [-0.2, 0) is 4.74 Å². The third-order valence-corrected chi connectivity index (χ3v) is 3.87. The Morgan fingerprint density at radius 1 is 1.33 bits per heavy atom. The topological polar surface area (TPSA) is 35.2 Å². The molecule has 2 N–H and O–H groups in total. The van der Waals surface area contributed by atoms with Crippen LogP contribution in [0.1, 0.15) is 46.0 Å². The third-order valence-electron chi connectivity index (χ3n) is 3.87. The summed E-state index contributed by atoms with van der Waals surface area (Å²) in [6.07, 6.45) is 6.69. The van der Waals surface area contributed by atoms with Crippen molar-refractivity contribution in [2.24, 2.45) is 23.0 Å². The minimum atomic E-state index is 0.249. The molecular formula is C13H27NO. The molecule has 1 aliphatic carbocycles. The SMILES string of the molecule is COCC(CN)(CC(C)C)C1CCCC1. The second-order valence-corrected chi connectivity index (χ2v) is 5.58. The highest BCUT2D eigenvalue weighted by molar-refractivity contribution is 4.90. The summed E-state index contributed by atoms with van der Waals surface area (Å²) in [7, 11) is 1.81. The predicted molar refractivity (Wildman–Crippen MR) is 64.8 cm³/mol. The van der Waals surface area contributed by atoms with Gasteiger partial charge in [0.2, 0.25) is 0 Å². The lowest BCUT2D eigenvalue weighted by Gasteiger charge is -2.39. The van der Waals surface area contributed by atoms with Gasteiger partial charge in [0.1, 0.15) is 0 Å². The van der Waals surface area contributed by atoms with Crippen LogP contribution < -0.4 is 5.73 Å². The van der Waals surface area contributed by atoms with Gasteiger partial charge in [-0.3, -0.25) is 0 Å². The molecule has 2 nitrogen and oxygen atoms in total. The minimum Gasteiger partial charge on any atom is -0.384 e. The van der Waals surface area contributed by atoms with E-state index >= 15 is 0 Å². The molecule has 0 radical (unpaired) electrons. The normalized spacial score (nSPS) is 22.2. The van der Waals surface area contributed by atoms with Crippen LogP contribution >= 0.6 is 0 Å². The molecule has 1 rings (SSSR count). The first kappa shape index (κ1) is 13.0. The monoisotopic (exact) mass is 213 g/mol. The molecule has 0 heterocycles. The van der Waals surface area contributed by atoms with Crippen LogP contribution in [0.3, 0.4) is 0 Å². The first-order valence-electron chi connectivity index (χ1n) is 6.33. The average molecular weight is 213 g/mol. The van der Waals surface area contributed by atoms with Crippen molar-refractivity contribution in [2.45, 2.75) is 46.0 Å². The van der Waals surface area contributed by atoms with Gasteiger partial charge in [-0.2, -0.15) is 0 Å². The summed E-state index contributed by atoms with van der Waals surface area (Å²) < 4.78 is 5.43. The zero-order valence-electron chi connectivity index (χ0n) is 10.6. The van der Waals surface area contributed by atoms with Crippen molar-refractivity contribution >= 4 is 0 Å². The number of hydrogen-bond acceptors (Lipinski definition) is 2. The van der Waals surface area contributed by atoms with Crippen LogP contribution in [0.2, 0.25) is 0 Å². The molecule has 15 heavy (non-hydrogen) atoms. The van der Waals surface area contributed by atoms with E-state index in [1.54, 1.807) is 7.11 Å². The Morgan fingerprint density at radius 2 is 1.93 bits per heavy atom. The van der Waals surface area contributed by atoms with Crippen molar-refractivity contribution < 1.29 is 4.74 Å². The standard InChI is InChI=1S/C13H27NO/c1-11(2)8-13(9-14,10-15-3)12-6-4-5-7-12/h11-12H,4-10,14H2,1-3H3. The molecule has 0 aliphatic heterocycles. The van der Waals surface area contributed by atoms with Crippen molar-refractivity contribution in [1.29, 1.82) is 0 Å². The molecule has 1 aliphatic rings. The molecular weight excluding hydrogens is 186 g/mol. The van der Waals surface area contributed by atoms with Gasteiger partial charge in [0.05, 0.1) is 6.61 Å². The van der Waals surface area contributed by atoms with Gasteiger partial charge in [0.15, 0.2) is 0 Å². The maximum absolute atomic E-state index is 6.04. The molecule has 1 saturated carbocycles. The maximum atomic E-state index is 6.04. The van der Waals surface area contributed by atoms with Gasteiger partial charge >= 0.3 is 0 Å². The second kappa shape index (κ2) is 5.86. The summed E-state index contributed by atoms with van der Waals surface area (Å²) >= 11 is 0. The van der Waals surface area contributed by atoms with E-state index in [2.05, 4.69) is 13.8 Å². The summed E-state index contributed by atoms with van der Waals surface area (Å²) in [5.41, 5.74) is 6.29. The van der Waals surface area contributed by atoms with Gasteiger partial charge in [-0.05, 0) is 31.1 Å². The van der Waals surface area contributed by atoms with Crippen molar-refractivity contribution in [1.82, 2.24) is 0 Å². The lowest BCUT2D eigenvalue weighted by molar-refractivity contribution is 0.0223. The van der Waals surface area contributed by atoms with Gasteiger partial charge < -0.3 is 10.5 Å². The lowest BCUT2D eigenvalue weighted by atomic mass is 9.70. The summed E-state index contributed by atoms with van der Waals surface area (Å²) in [6, 6.07) is 0. The largest absolute Gasteiger partial charge is 0.384 e. The number of rotatable bonds is 6. The molecule has 0 aromatic rings. The molecule has 0 saturated heterocycles. The van der Waals surface area contributed by atoms with Crippen LogP contribution in [0, 0.1) is 17.3 Å². The molecule has 1 fully saturated rings. The fourth-order valence-electron chi connectivity index (χ4n) is 3.29. The smallest absolute Gasteiger partial charge is 0.0533 e. The fraction of sp³-hybridized carbons (Fsp3) is 1.00. The van der Waals surface area contributed by atoms with E-state index < -0.39 is 0 Å². The molecule has 0 amide bonds. The van der Waals surface area contributed by atoms with E-state index in [0.717, 1.165) is 19.1 Å². The first-order valence-corrected chi connectivity index (χ1v) is 6.33. The maximum Gasteiger partial charge on any atom is 0.0533 e. The zero-order valence-corrected chi connectivity index (χ0v) is 10.6. The van der Waals surface area contributed by atoms with Crippen molar-refractivity contribution in [2.75, 3.05) is 20.3 Å². The van der Waals surface area contributed by atoms with Crippen LogP contribution in [-0.4, -0.2) is 20.3 Å². The van der Waals surface area contributed by atoms with Gasteiger partial charge in [-0.15, -0.1) is 0 Å². The molecule has 1 atom stereocenters. The molecule has 1 unspecified atom stereocenters. The lowest BCUT2D eigenvalue weighted by Crippen LogP contribution is -2.42. The van der Waals surface area contributed by atoms with Crippen LogP contribution in [0.15, 0.2) is 0 Å². The van der Waals surface area contributed by atoms with Crippen LogP contribution in [0.25, 0.3) is 0 Å². The first-order chi connectivity index (χ1) is 7.14. The zero-order chi connectivity index (χ0) is 11.3. The predicted octanol–water partition coefficient (Wildman–Crippen LogP) is 2.81. The fourth-order valence-corrected chi connectivity index (χ4v) is 3.29. The van der Waals surface area contributed by atoms with E-state index in [1.165, 1.54) is 32.1 Å². The second-order valence-electron chi connectivity index (χ2n) is 5.58. The Balaban J connectivity index is 2.70. The van der Waals surface area contributed by atoms with Crippen molar-refractivity contribution in [3.05, 3.63) is 0 Å². The summed E-state index contributed by atoms with van der Waals surface area (Å²) in [5.74, 6) is 1.51. The molecule has 0 spiro atoms. The highest BCUT2D eigenvalue weighted by atomic mass is 16.5. The van der Waals surface area contributed by atoms with E-state index in [1.807, 2.05) is 0 Å².